The number of piperazine rings is 1. The van der Waals surface area contributed by atoms with Crippen LogP contribution >= 0.6 is 0 Å². The minimum Gasteiger partial charge on any atom is -0.473 e. The third kappa shape index (κ3) is 7.48. The molecular weight excluding hydrogens is 348 g/mol. The molecule has 0 radical (unpaired) electrons. The number of hydrogen-bond donors (Lipinski definition) is 2. The van der Waals surface area contributed by atoms with Crippen molar-refractivity contribution < 1.29 is 24.6 Å². The zero-order valence-electron chi connectivity index (χ0n) is 16.3. The second-order valence-corrected chi connectivity index (χ2v) is 8.01. The smallest absolute Gasteiger partial charge is 0.414 e. The summed E-state index contributed by atoms with van der Waals surface area (Å²) >= 11 is 0. The molecule has 1 heterocycles. The van der Waals surface area contributed by atoms with Crippen molar-refractivity contribution in [3.05, 3.63) is 0 Å². The molecule has 2 N–H and O–H groups in total. The molecule has 0 aromatic carbocycles. The van der Waals surface area contributed by atoms with Gasteiger partial charge in [0.2, 0.25) is 5.91 Å². The van der Waals surface area contributed by atoms with E-state index in [4.69, 9.17) is 19.8 Å². The molecule has 3 fully saturated rings. The molecule has 3 aliphatic rings. The number of carboxylic acid groups (broad SMARTS) is 2. The van der Waals surface area contributed by atoms with Gasteiger partial charge in [-0.25, -0.2) is 9.59 Å². The molecule has 2 saturated carbocycles. The van der Waals surface area contributed by atoms with Crippen LogP contribution in [0.4, 0.5) is 0 Å². The number of amides is 1. The molecule has 7 nitrogen and oxygen atoms in total. The van der Waals surface area contributed by atoms with E-state index in [1.807, 2.05) is 0 Å². The second kappa shape index (κ2) is 11.3. The minimum absolute atomic E-state index is 0.421. The molecular formula is C20H34N2O5. The van der Waals surface area contributed by atoms with Gasteiger partial charge in [-0.05, 0) is 25.2 Å². The fraction of sp³-hybridized carbons (Fsp3) is 0.850. The Morgan fingerprint density at radius 2 is 1.26 bits per heavy atom. The van der Waals surface area contributed by atoms with Gasteiger partial charge in [0.1, 0.15) is 0 Å². The average molecular weight is 383 g/mol. The lowest BCUT2D eigenvalue weighted by Crippen LogP contribution is -2.52. The number of carboxylic acids is 2. The first kappa shape index (κ1) is 21.7. The van der Waals surface area contributed by atoms with Crippen LogP contribution < -0.4 is 0 Å². The van der Waals surface area contributed by atoms with E-state index in [1.165, 1.54) is 57.8 Å². The molecule has 0 bridgehead atoms. The van der Waals surface area contributed by atoms with Crippen LogP contribution in [0.3, 0.4) is 0 Å². The third-order valence-electron chi connectivity index (χ3n) is 6.18. The molecule has 0 aromatic heterocycles. The quantitative estimate of drug-likeness (QED) is 0.725. The first-order chi connectivity index (χ1) is 13.0. The van der Waals surface area contributed by atoms with E-state index in [0.29, 0.717) is 5.91 Å². The van der Waals surface area contributed by atoms with Gasteiger partial charge in [-0.3, -0.25) is 9.69 Å². The van der Waals surface area contributed by atoms with Crippen LogP contribution in [-0.4, -0.2) is 70.1 Å². The maximum Gasteiger partial charge on any atom is 0.414 e. The Labute approximate surface area is 161 Å². The van der Waals surface area contributed by atoms with Gasteiger partial charge in [0.05, 0.1) is 0 Å². The largest absolute Gasteiger partial charge is 0.473 e. The SMILES string of the molecule is O=C(CCC1CCCC1)N1CCN(C2CCCCC2)CC1.O=C(O)C(=O)O. The second-order valence-electron chi connectivity index (χ2n) is 8.01. The Balaban J connectivity index is 0.000000380. The Bertz CT molecular complexity index is 479. The number of carbonyl (C=O) groups excluding carboxylic acids is 1. The van der Waals surface area contributed by atoms with E-state index in [2.05, 4.69) is 9.80 Å². The summed E-state index contributed by atoms with van der Waals surface area (Å²) in [5.74, 6) is -2.38. The van der Waals surface area contributed by atoms with Gasteiger partial charge >= 0.3 is 11.9 Å². The number of aliphatic carboxylic acids is 2. The highest BCUT2D eigenvalue weighted by molar-refractivity contribution is 6.27. The lowest BCUT2D eigenvalue weighted by atomic mass is 9.94. The lowest BCUT2D eigenvalue weighted by Gasteiger charge is -2.40. The van der Waals surface area contributed by atoms with Gasteiger partial charge < -0.3 is 15.1 Å². The molecule has 154 valence electrons. The number of nitrogens with zero attached hydrogens (tertiary/aromatic N) is 2. The number of hydrogen-bond acceptors (Lipinski definition) is 4. The van der Waals surface area contributed by atoms with Gasteiger partial charge in [0, 0.05) is 38.6 Å². The fourth-order valence-corrected chi connectivity index (χ4v) is 4.57. The fourth-order valence-electron chi connectivity index (χ4n) is 4.57. The maximum absolute atomic E-state index is 12.3. The van der Waals surface area contributed by atoms with Crippen molar-refractivity contribution in [2.75, 3.05) is 26.2 Å². The van der Waals surface area contributed by atoms with Gasteiger partial charge in [0.25, 0.3) is 0 Å². The summed E-state index contributed by atoms with van der Waals surface area (Å²) in [5.41, 5.74) is 0. The van der Waals surface area contributed by atoms with Gasteiger partial charge in [0.15, 0.2) is 0 Å². The third-order valence-corrected chi connectivity index (χ3v) is 6.18. The highest BCUT2D eigenvalue weighted by atomic mass is 16.4. The molecule has 0 atom stereocenters. The summed E-state index contributed by atoms with van der Waals surface area (Å²) < 4.78 is 0. The van der Waals surface area contributed by atoms with Crippen molar-refractivity contribution in [1.29, 1.82) is 0 Å². The van der Waals surface area contributed by atoms with Gasteiger partial charge in [-0.1, -0.05) is 44.9 Å². The molecule has 3 rings (SSSR count). The predicted octanol–water partition coefficient (Wildman–Crippen LogP) is 2.59. The summed E-state index contributed by atoms with van der Waals surface area (Å²) in [6.07, 6.45) is 14.5. The first-order valence-corrected chi connectivity index (χ1v) is 10.5. The van der Waals surface area contributed by atoms with Crippen LogP contribution in [0.1, 0.15) is 70.6 Å². The van der Waals surface area contributed by atoms with Crippen molar-refractivity contribution in [1.82, 2.24) is 9.80 Å². The van der Waals surface area contributed by atoms with E-state index >= 15 is 0 Å². The molecule has 1 saturated heterocycles. The molecule has 0 unspecified atom stereocenters. The van der Waals surface area contributed by atoms with Crippen LogP contribution in [0.5, 0.6) is 0 Å². The van der Waals surface area contributed by atoms with Crippen LogP contribution in [-0.2, 0) is 14.4 Å². The molecule has 1 amide bonds. The van der Waals surface area contributed by atoms with Crippen LogP contribution in [0.15, 0.2) is 0 Å². The first-order valence-electron chi connectivity index (χ1n) is 10.5. The Kier molecular flexibility index (Phi) is 9.04. The Hall–Kier alpha value is -1.63. The zero-order valence-corrected chi connectivity index (χ0v) is 16.3. The van der Waals surface area contributed by atoms with Crippen LogP contribution in [0, 0.1) is 5.92 Å². The van der Waals surface area contributed by atoms with Crippen molar-refractivity contribution in [2.24, 2.45) is 5.92 Å². The van der Waals surface area contributed by atoms with E-state index < -0.39 is 11.9 Å². The summed E-state index contributed by atoms with van der Waals surface area (Å²) in [7, 11) is 0. The van der Waals surface area contributed by atoms with E-state index in [1.54, 1.807) is 0 Å². The van der Waals surface area contributed by atoms with Crippen molar-refractivity contribution in [3.63, 3.8) is 0 Å². The van der Waals surface area contributed by atoms with Crippen molar-refractivity contribution in [3.8, 4) is 0 Å². The van der Waals surface area contributed by atoms with Crippen molar-refractivity contribution >= 4 is 17.8 Å². The normalized spacial score (nSPS) is 22.1. The van der Waals surface area contributed by atoms with Gasteiger partial charge in [-0.2, -0.15) is 0 Å². The Morgan fingerprint density at radius 3 is 1.78 bits per heavy atom. The number of rotatable bonds is 4. The monoisotopic (exact) mass is 382 g/mol. The molecule has 1 aliphatic heterocycles. The predicted molar refractivity (Wildman–Crippen MR) is 101 cm³/mol. The summed E-state index contributed by atoms with van der Waals surface area (Å²) in [6, 6.07) is 0.814. The minimum atomic E-state index is -1.82. The van der Waals surface area contributed by atoms with Gasteiger partial charge in [-0.15, -0.1) is 0 Å². The molecule has 7 heteroatoms. The van der Waals surface area contributed by atoms with Crippen molar-refractivity contribution in [2.45, 2.75) is 76.7 Å². The lowest BCUT2D eigenvalue weighted by molar-refractivity contribution is -0.159. The molecule has 27 heavy (non-hydrogen) atoms. The standard InChI is InChI=1S/C18H32N2O.C2H2O4/c21-18(11-10-16-6-4-5-7-16)20-14-12-19(13-15-20)17-8-2-1-3-9-17;3-1(4)2(5)6/h16-17H,1-15H2;(H,3,4)(H,5,6). The zero-order chi connectivity index (χ0) is 19.6. The van der Waals surface area contributed by atoms with E-state index in [-0.39, 0.29) is 0 Å². The number of carbonyl (C=O) groups is 3. The van der Waals surface area contributed by atoms with Crippen LogP contribution in [0.2, 0.25) is 0 Å². The summed E-state index contributed by atoms with van der Waals surface area (Å²) in [5, 5.41) is 14.8. The molecule has 2 aliphatic carbocycles. The molecule has 0 aromatic rings. The summed E-state index contributed by atoms with van der Waals surface area (Å²) in [6.45, 7) is 4.17. The highest BCUT2D eigenvalue weighted by Crippen LogP contribution is 2.29. The van der Waals surface area contributed by atoms with E-state index in [9.17, 15) is 4.79 Å². The van der Waals surface area contributed by atoms with E-state index in [0.717, 1.165) is 51.0 Å². The maximum atomic E-state index is 12.3. The average Bonchev–Trinajstić information content (AvgIpc) is 3.21. The highest BCUT2D eigenvalue weighted by Gasteiger charge is 2.27. The topological polar surface area (TPSA) is 98.2 Å². The molecule has 0 spiro atoms. The summed E-state index contributed by atoms with van der Waals surface area (Å²) in [4.78, 5) is 35.3. The Morgan fingerprint density at radius 1 is 0.741 bits per heavy atom. The van der Waals surface area contributed by atoms with Crippen LogP contribution in [0.25, 0.3) is 0 Å².